The zero-order valence-electron chi connectivity index (χ0n) is 15.8. The van der Waals surface area contributed by atoms with Crippen molar-refractivity contribution in [3.63, 3.8) is 0 Å². The van der Waals surface area contributed by atoms with Crippen LogP contribution in [0.15, 0.2) is 30.3 Å². The van der Waals surface area contributed by atoms with Gasteiger partial charge in [-0.1, -0.05) is 23.7 Å². The van der Waals surface area contributed by atoms with Crippen molar-refractivity contribution in [2.45, 2.75) is 39.8 Å². The van der Waals surface area contributed by atoms with E-state index in [0.29, 0.717) is 16.1 Å². The molecule has 1 unspecified atom stereocenters. The maximum absolute atomic E-state index is 13.0. The fraction of sp³-hybridized carbons (Fsp3) is 0.350. The van der Waals surface area contributed by atoms with Crippen molar-refractivity contribution < 1.29 is 14.4 Å². The predicted octanol–water partition coefficient (Wildman–Crippen LogP) is 3.43. The van der Waals surface area contributed by atoms with E-state index in [2.05, 4.69) is 5.32 Å². The molecule has 1 aliphatic rings. The Kier molecular flexibility index (Phi) is 4.86. The summed E-state index contributed by atoms with van der Waals surface area (Å²) in [6, 6.07) is 7.94. The van der Waals surface area contributed by atoms with E-state index < -0.39 is 17.5 Å². The third-order valence-corrected chi connectivity index (χ3v) is 5.44. The molecule has 1 aliphatic heterocycles. The summed E-state index contributed by atoms with van der Waals surface area (Å²) in [7, 11) is 0. The van der Waals surface area contributed by atoms with Gasteiger partial charge in [0.15, 0.2) is 5.78 Å². The first-order valence-electron chi connectivity index (χ1n) is 8.79. The summed E-state index contributed by atoms with van der Waals surface area (Å²) in [5.74, 6) is -0.709. The van der Waals surface area contributed by atoms with Crippen LogP contribution in [0.2, 0.25) is 5.02 Å². The Morgan fingerprint density at radius 2 is 1.81 bits per heavy atom. The molecule has 3 amide bonds. The lowest BCUT2D eigenvalue weighted by Crippen LogP contribution is -2.41. The van der Waals surface area contributed by atoms with Crippen LogP contribution < -0.4 is 5.32 Å². The molecule has 1 N–H and O–H groups in total. The Morgan fingerprint density at radius 3 is 2.37 bits per heavy atom. The highest BCUT2D eigenvalue weighted by Gasteiger charge is 2.49. The summed E-state index contributed by atoms with van der Waals surface area (Å²) in [6.45, 7) is 7.89. The number of nitrogens with zero attached hydrogens (tertiary/aromatic N) is 2. The van der Waals surface area contributed by atoms with Crippen molar-refractivity contribution in [2.24, 2.45) is 0 Å². The molecule has 142 valence electrons. The summed E-state index contributed by atoms with van der Waals surface area (Å²) in [5.41, 5.74) is 1.75. The molecule has 0 radical (unpaired) electrons. The van der Waals surface area contributed by atoms with Crippen LogP contribution in [-0.4, -0.2) is 33.7 Å². The van der Waals surface area contributed by atoms with Crippen LogP contribution in [0, 0.1) is 13.8 Å². The number of nitrogens with one attached hydrogen (secondary N) is 1. The Hall–Kier alpha value is -2.60. The van der Waals surface area contributed by atoms with E-state index in [1.165, 1.54) is 0 Å². The zero-order valence-corrected chi connectivity index (χ0v) is 16.6. The quantitative estimate of drug-likeness (QED) is 0.631. The van der Waals surface area contributed by atoms with E-state index >= 15 is 0 Å². The van der Waals surface area contributed by atoms with Gasteiger partial charge in [-0.2, -0.15) is 0 Å². The normalized spacial score (nSPS) is 19.5. The summed E-state index contributed by atoms with van der Waals surface area (Å²) in [4.78, 5) is 39.1. The highest BCUT2D eigenvalue weighted by Crippen LogP contribution is 2.30. The van der Waals surface area contributed by atoms with Crippen LogP contribution >= 0.6 is 11.6 Å². The standard InChI is InChI=1S/C20H22ClN3O3/c1-5-23-12(2)10-16(13(23)3)17(25)11-24-18(26)20(4,22-19(24)27)14-6-8-15(21)9-7-14/h6-10H,5,11H2,1-4H3,(H,22,27). The molecule has 7 heteroatoms. The van der Waals surface area contributed by atoms with Crippen LogP contribution in [0.4, 0.5) is 4.79 Å². The number of benzene rings is 1. The number of aryl methyl sites for hydroxylation is 1. The van der Waals surface area contributed by atoms with Crippen molar-refractivity contribution in [1.29, 1.82) is 0 Å². The molecular formula is C20H22ClN3O3. The van der Waals surface area contributed by atoms with Gasteiger partial charge in [0.1, 0.15) is 5.54 Å². The molecule has 27 heavy (non-hydrogen) atoms. The number of carbonyl (C=O) groups is 3. The van der Waals surface area contributed by atoms with E-state index in [-0.39, 0.29) is 12.3 Å². The summed E-state index contributed by atoms with van der Waals surface area (Å²) in [5, 5.41) is 3.24. The molecule has 0 bridgehead atoms. The molecule has 0 aliphatic carbocycles. The monoisotopic (exact) mass is 387 g/mol. The van der Waals surface area contributed by atoms with E-state index in [1.54, 1.807) is 37.3 Å². The Balaban J connectivity index is 1.86. The molecule has 1 saturated heterocycles. The Morgan fingerprint density at radius 1 is 1.19 bits per heavy atom. The number of ketones is 1. The molecular weight excluding hydrogens is 366 g/mol. The maximum atomic E-state index is 13.0. The zero-order chi connectivity index (χ0) is 19.9. The van der Waals surface area contributed by atoms with E-state index in [9.17, 15) is 14.4 Å². The maximum Gasteiger partial charge on any atom is 0.325 e. The molecule has 0 saturated carbocycles. The molecule has 0 spiro atoms. The molecule has 6 nitrogen and oxygen atoms in total. The smallest absolute Gasteiger partial charge is 0.325 e. The lowest BCUT2D eigenvalue weighted by atomic mass is 9.92. The fourth-order valence-corrected chi connectivity index (χ4v) is 3.74. The van der Waals surface area contributed by atoms with Crippen molar-refractivity contribution in [2.75, 3.05) is 6.54 Å². The molecule has 1 fully saturated rings. The van der Waals surface area contributed by atoms with Gasteiger partial charge in [0, 0.05) is 28.5 Å². The Labute approximate surface area is 163 Å². The van der Waals surface area contributed by atoms with Gasteiger partial charge in [-0.3, -0.25) is 14.5 Å². The van der Waals surface area contributed by atoms with Crippen LogP contribution in [-0.2, 0) is 16.9 Å². The van der Waals surface area contributed by atoms with Gasteiger partial charge < -0.3 is 9.88 Å². The predicted molar refractivity (Wildman–Crippen MR) is 103 cm³/mol. The number of aromatic nitrogens is 1. The average molecular weight is 388 g/mol. The minimum absolute atomic E-state index is 0.258. The third kappa shape index (κ3) is 3.14. The largest absolute Gasteiger partial charge is 0.349 e. The molecule has 2 aromatic rings. The van der Waals surface area contributed by atoms with Crippen molar-refractivity contribution >= 4 is 29.3 Å². The van der Waals surface area contributed by atoms with Gasteiger partial charge in [0.05, 0.1) is 6.54 Å². The summed E-state index contributed by atoms with van der Waals surface area (Å²) in [6.07, 6.45) is 0. The minimum Gasteiger partial charge on any atom is -0.349 e. The number of urea groups is 1. The SMILES string of the molecule is CCn1c(C)cc(C(=O)CN2C(=O)NC(C)(c3ccc(Cl)cc3)C2=O)c1C. The third-order valence-electron chi connectivity index (χ3n) is 5.19. The van der Waals surface area contributed by atoms with Crippen LogP contribution in [0.1, 0.15) is 41.2 Å². The van der Waals surface area contributed by atoms with Crippen molar-refractivity contribution in [1.82, 2.24) is 14.8 Å². The summed E-state index contributed by atoms with van der Waals surface area (Å²) < 4.78 is 2.02. The van der Waals surface area contributed by atoms with E-state index in [1.807, 2.05) is 25.3 Å². The first kappa shape index (κ1) is 19.2. The number of Topliss-reactive ketones (excluding diaryl/α,β-unsaturated/α-hetero) is 1. The van der Waals surface area contributed by atoms with Crippen LogP contribution in [0.3, 0.4) is 0 Å². The fourth-order valence-electron chi connectivity index (χ4n) is 3.62. The lowest BCUT2D eigenvalue weighted by Gasteiger charge is -2.22. The highest BCUT2D eigenvalue weighted by molar-refractivity contribution is 6.30. The summed E-state index contributed by atoms with van der Waals surface area (Å²) >= 11 is 5.91. The van der Waals surface area contributed by atoms with Gasteiger partial charge in [-0.15, -0.1) is 0 Å². The number of amides is 3. The second-order valence-corrected chi connectivity index (χ2v) is 7.34. The van der Waals surface area contributed by atoms with Crippen LogP contribution in [0.5, 0.6) is 0 Å². The van der Waals surface area contributed by atoms with Crippen LogP contribution in [0.25, 0.3) is 0 Å². The lowest BCUT2D eigenvalue weighted by molar-refractivity contribution is -0.130. The first-order chi connectivity index (χ1) is 12.7. The molecule has 1 aromatic carbocycles. The number of imide groups is 1. The van der Waals surface area contributed by atoms with Gasteiger partial charge in [0.2, 0.25) is 0 Å². The first-order valence-corrected chi connectivity index (χ1v) is 9.17. The van der Waals surface area contributed by atoms with Gasteiger partial charge >= 0.3 is 6.03 Å². The van der Waals surface area contributed by atoms with Gasteiger partial charge in [-0.05, 0) is 51.5 Å². The second-order valence-electron chi connectivity index (χ2n) is 6.91. The number of hydrogen-bond donors (Lipinski definition) is 1. The topological polar surface area (TPSA) is 71.4 Å². The highest BCUT2D eigenvalue weighted by atomic mass is 35.5. The number of hydrogen-bond acceptors (Lipinski definition) is 3. The molecule has 1 aromatic heterocycles. The van der Waals surface area contributed by atoms with Gasteiger partial charge in [-0.25, -0.2) is 4.79 Å². The minimum atomic E-state index is -1.22. The second kappa shape index (κ2) is 6.85. The number of rotatable bonds is 5. The van der Waals surface area contributed by atoms with E-state index in [0.717, 1.165) is 22.8 Å². The molecule has 1 atom stereocenters. The average Bonchev–Trinajstić information content (AvgIpc) is 3.03. The molecule has 2 heterocycles. The number of halogens is 1. The van der Waals surface area contributed by atoms with E-state index in [4.69, 9.17) is 11.6 Å². The number of carbonyl (C=O) groups excluding carboxylic acids is 3. The van der Waals surface area contributed by atoms with Gasteiger partial charge in [0.25, 0.3) is 5.91 Å². The Bertz CT molecular complexity index is 933. The molecule has 3 rings (SSSR count). The van der Waals surface area contributed by atoms with Crippen molar-refractivity contribution in [3.05, 3.63) is 57.9 Å². The van der Waals surface area contributed by atoms with Crippen molar-refractivity contribution in [3.8, 4) is 0 Å².